The Bertz CT molecular complexity index is 2320. The summed E-state index contributed by atoms with van der Waals surface area (Å²) in [5.41, 5.74) is 4.87. The van der Waals surface area contributed by atoms with Crippen molar-refractivity contribution in [2.45, 2.75) is 56.4 Å². The number of amides is 1. The number of rotatable bonds is 18. The Morgan fingerprint density at radius 2 is 1.08 bits per heavy atom. The SMILES string of the molecule is CN(C(Cc1ccc(OCc2ccccn2)cc1)C(=O)NCC(C)(C)c1ccccc1)C(C(=O)OCc1ccccc1)C(c1ccccc1)(c1ccccc1)c1ccccc1. The minimum Gasteiger partial charge on any atom is -0.487 e. The average molecular weight is 808 g/mol. The molecule has 0 bridgehead atoms. The highest BCUT2D eigenvalue weighted by molar-refractivity contribution is 5.86. The molecule has 0 saturated carbocycles. The smallest absolute Gasteiger partial charge is 0.325 e. The van der Waals surface area contributed by atoms with Crippen molar-refractivity contribution in [1.29, 1.82) is 0 Å². The maximum absolute atomic E-state index is 15.4. The second-order valence-electron chi connectivity index (χ2n) is 16.0. The van der Waals surface area contributed by atoms with Crippen molar-refractivity contribution >= 4 is 11.9 Å². The molecule has 1 heterocycles. The molecule has 308 valence electrons. The van der Waals surface area contributed by atoms with Crippen LogP contribution in [0.3, 0.4) is 0 Å². The maximum atomic E-state index is 15.4. The van der Waals surface area contributed by atoms with Gasteiger partial charge in [-0.3, -0.25) is 19.5 Å². The van der Waals surface area contributed by atoms with Crippen LogP contribution in [0.2, 0.25) is 0 Å². The molecule has 7 aromatic rings. The van der Waals surface area contributed by atoms with Crippen molar-refractivity contribution in [1.82, 2.24) is 15.2 Å². The van der Waals surface area contributed by atoms with Crippen LogP contribution >= 0.6 is 0 Å². The number of hydrogen-bond acceptors (Lipinski definition) is 6. The number of ether oxygens (including phenoxy) is 2. The highest BCUT2D eigenvalue weighted by Gasteiger charge is 2.52. The molecule has 0 fully saturated rings. The standard InChI is InChI=1S/C54H53N3O4/c1-53(2,43-23-11-5-12-24-43)40-56-51(58)49(37-41-32-34-48(35-33-41)60-39-47-31-19-20-36-55-47)57(3)50(52(59)61-38-42-21-9-4-10-22-42)54(44-25-13-6-14-26-44,45-27-15-7-16-28-45)46-29-17-8-18-30-46/h4-36,49-50H,37-40H2,1-3H3,(H,56,58). The van der Waals surface area contributed by atoms with E-state index >= 15 is 9.59 Å². The predicted molar refractivity (Wildman–Crippen MR) is 242 cm³/mol. The Balaban J connectivity index is 1.33. The zero-order valence-electron chi connectivity index (χ0n) is 35.1. The molecule has 1 amide bonds. The van der Waals surface area contributed by atoms with Crippen LogP contribution in [0.1, 0.15) is 52.9 Å². The third kappa shape index (κ3) is 10.1. The molecule has 2 unspecified atom stereocenters. The normalized spacial score (nSPS) is 12.6. The molecule has 6 aromatic carbocycles. The fourth-order valence-corrected chi connectivity index (χ4v) is 8.14. The molecule has 0 saturated heterocycles. The molecule has 7 rings (SSSR count). The second-order valence-corrected chi connectivity index (χ2v) is 16.0. The Morgan fingerprint density at radius 3 is 1.59 bits per heavy atom. The van der Waals surface area contributed by atoms with Gasteiger partial charge in [0.2, 0.25) is 5.91 Å². The van der Waals surface area contributed by atoms with Crippen LogP contribution in [0.15, 0.2) is 200 Å². The quantitative estimate of drug-likeness (QED) is 0.0688. The van der Waals surface area contributed by atoms with Gasteiger partial charge in [0.15, 0.2) is 0 Å². The van der Waals surface area contributed by atoms with Gasteiger partial charge in [-0.1, -0.05) is 184 Å². The molecule has 0 aliphatic carbocycles. The number of hydrogen-bond donors (Lipinski definition) is 1. The molecular formula is C54H53N3O4. The average Bonchev–Trinajstić information content (AvgIpc) is 3.32. The van der Waals surface area contributed by atoms with Gasteiger partial charge in [0.25, 0.3) is 0 Å². The number of carbonyl (C=O) groups excluding carboxylic acids is 2. The van der Waals surface area contributed by atoms with E-state index in [1.807, 2.05) is 158 Å². The molecule has 0 aliphatic rings. The van der Waals surface area contributed by atoms with Crippen molar-refractivity contribution in [2.75, 3.05) is 13.6 Å². The summed E-state index contributed by atoms with van der Waals surface area (Å²) in [6, 6.07) is 61.8. The van der Waals surface area contributed by atoms with Gasteiger partial charge in [0.05, 0.1) is 17.2 Å². The van der Waals surface area contributed by atoms with Crippen LogP contribution in [0, 0.1) is 0 Å². The van der Waals surface area contributed by atoms with E-state index in [1.165, 1.54) is 0 Å². The summed E-state index contributed by atoms with van der Waals surface area (Å²) in [5, 5.41) is 3.33. The number of benzene rings is 6. The lowest BCUT2D eigenvalue weighted by molar-refractivity contribution is -0.154. The first kappa shape index (κ1) is 42.3. The Labute approximate surface area is 360 Å². The van der Waals surface area contributed by atoms with E-state index in [2.05, 4.69) is 72.7 Å². The van der Waals surface area contributed by atoms with E-state index in [1.54, 1.807) is 6.20 Å². The summed E-state index contributed by atoms with van der Waals surface area (Å²) in [5.74, 6) is 0.0292. The number of esters is 1. The number of pyridine rings is 1. The predicted octanol–water partition coefficient (Wildman–Crippen LogP) is 9.74. The molecule has 7 heteroatoms. The molecule has 2 atom stereocenters. The van der Waals surface area contributed by atoms with Crippen molar-refractivity contribution in [2.24, 2.45) is 0 Å². The van der Waals surface area contributed by atoms with E-state index in [-0.39, 0.29) is 17.9 Å². The van der Waals surface area contributed by atoms with Gasteiger partial charge in [0.1, 0.15) is 25.0 Å². The van der Waals surface area contributed by atoms with Gasteiger partial charge < -0.3 is 14.8 Å². The fraction of sp³-hybridized carbons (Fsp3) is 0.204. The number of aromatic nitrogens is 1. The topological polar surface area (TPSA) is 80.8 Å². The van der Waals surface area contributed by atoms with Crippen LogP contribution in [-0.2, 0) is 44.8 Å². The highest BCUT2D eigenvalue weighted by Crippen LogP contribution is 2.45. The molecule has 1 N–H and O–H groups in total. The van der Waals surface area contributed by atoms with Crippen molar-refractivity contribution in [3.8, 4) is 5.75 Å². The lowest BCUT2D eigenvalue weighted by atomic mass is 9.64. The summed E-state index contributed by atoms with van der Waals surface area (Å²) in [6.45, 7) is 5.03. The summed E-state index contributed by atoms with van der Waals surface area (Å²) in [7, 11) is 1.88. The third-order valence-electron chi connectivity index (χ3n) is 11.5. The van der Waals surface area contributed by atoms with Crippen LogP contribution < -0.4 is 10.1 Å². The van der Waals surface area contributed by atoms with Crippen molar-refractivity contribution in [3.63, 3.8) is 0 Å². The van der Waals surface area contributed by atoms with Crippen LogP contribution in [-0.4, -0.2) is 47.4 Å². The van der Waals surface area contributed by atoms with Gasteiger partial charge in [-0.05, 0) is 71.1 Å². The van der Waals surface area contributed by atoms with Crippen molar-refractivity contribution < 1.29 is 19.1 Å². The highest BCUT2D eigenvalue weighted by atomic mass is 16.5. The molecule has 61 heavy (non-hydrogen) atoms. The number of likely N-dealkylation sites (N-methyl/N-ethyl adjacent to an activating group) is 1. The van der Waals surface area contributed by atoms with E-state index in [0.29, 0.717) is 25.3 Å². The van der Waals surface area contributed by atoms with Gasteiger partial charge in [-0.2, -0.15) is 0 Å². The summed E-state index contributed by atoms with van der Waals surface area (Å²) in [4.78, 5) is 36.8. The van der Waals surface area contributed by atoms with E-state index in [0.717, 1.165) is 39.1 Å². The minimum atomic E-state index is -1.13. The Kier molecular flexibility index (Phi) is 13.8. The minimum absolute atomic E-state index is 0.0700. The molecule has 7 nitrogen and oxygen atoms in total. The Morgan fingerprint density at radius 1 is 0.590 bits per heavy atom. The fourth-order valence-electron chi connectivity index (χ4n) is 8.14. The van der Waals surface area contributed by atoms with Gasteiger partial charge >= 0.3 is 5.97 Å². The zero-order valence-corrected chi connectivity index (χ0v) is 35.1. The zero-order chi connectivity index (χ0) is 42.5. The van der Waals surface area contributed by atoms with E-state index in [4.69, 9.17) is 9.47 Å². The largest absolute Gasteiger partial charge is 0.487 e. The first-order chi connectivity index (χ1) is 29.8. The number of carbonyl (C=O) groups is 2. The first-order valence-corrected chi connectivity index (χ1v) is 20.8. The number of nitrogens with one attached hydrogen (secondary N) is 1. The van der Waals surface area contributed by atoms with Crippen molar-refractivity contribution in [3.05, 3.63) is 239 Å². The summed E-state index contributed by atoms with van der Waals surface area (Å²) < 4.78 is 12.5. The summed E-state index contributed by atoms with van der Waals surface area (Å²) >= 11 is 0. The Hall–Kier alpha value is -6.83. The third-order valence-corrected chi connectivity index (χ3v) is 11.5. The number of nitrogens with zero attached hydrogens (tertiary/aromatic N) is 2. The second kappa shape index (κ2) is 19.9. The molecule has 0 radical (unpaired) electrons. The molecule has 0 spiro atoms. The van der Waals surface area contributed by atoms with E-state index < -0.39 is 23.5 Å². The lowest BCUT2D eigenvalue weighted by Crippen LogP contribution is -2.61. The van der Waals surface area contributed by atoms with Gasteiger partial charge in [-0.25, -0.2) is 0 Å². The monoisotopic (exact) mass is 807 g/mol. The molecule has 1 aromatic heterocycles. The first-order valence-electron chi connectivity index (χ1n) is 20.8. The van der Waals surface area contributed by atoms with Crippen LogP contribution in [0.25, 0.3) is 0 Å². The van der Waals surface area contributed by atoms with Gasteiger partial charge in [0, 0.05) is 18.2 Å². The van der Waals surface area contributed by atoms with Gasteiger partial charge in [-0.15, -0.1) is 0 Å². The maximum Gasteiger partial charge on any atom is 0.325 e. The molecular weight excluding hydrogens is 755 g/mol. The van der Waals surface area contributed by atoms with Crippen LogP contribution in [0.5, 0.6) is 5.75 Å². The van der Waals surface area contributed by atoms with Crippen LogP contribution in [0.4, 0.5) is 0 Å². The molecule has 0 aliphatic heterocycles. The summed E-state index contributed by atoms with van der Waals surface area (Å²) in [6.07, 6.45) is 2.04. The van der Waals surface area contributed by atoms with E-state index in [9.17, 15) is 0 Å². The lowest BCUT2D eigenvalue weighted by Gasteiger charge is -2.47.